The third-order valence-corrected chi connectivity index (χ3v) is 4.54. The number of nitrogens with one attached hydrogen (secondary N) is 1. The molecule has 0 fully saturated rings. The number of ether oxygens (including phenoxy) is 2. The first-order valence-corrected chi connectivity index (χ1v) is 8.13. The second-order valence-corrected chi connectivity index (χ2v) is 6.11. The molecule has 8 heteroatoms. The first-order valence-electron chi connectivity index (χ1n) is 7.15. The van der Waals surface area contributed by atoms with E-state index in [9.17, 15) is 0 Å². The summed E-state index contributed by atoms with van der Waals surface area (Å²) in [6.45, 7) is 1.54. The quantitative estimate of drug-likeness (QED) is 0.626. The molecule has 0 saturated carbocycles. The van der Waals surface area contributed by atoms with Gasteiger partial charge in [-0.15, -0.1) is 5.10 Å². The maximum absolute atomic E-state index is 5.85. The van der Waals surface area contributed by atoms with Crippen LogP contribution in [0.2, 0.25) is 0 Å². The SMILES string of the molecule is COc1cccc2c1OC[C@@H](NCCSc1nnnn1C)C2. The van der Waals surface area contributed by atoms with E-state index in [-0.39, 0.29) is 0 Å². The van der Waals surface area contributed by atoms with E-state index in [0.29, 0.717) is 12.6 Å². The standard InChI is InChI=1S/C14H19N5O2S/c1-19-14(16-17-18-19)22-7-6-15-11-8-10-4-3-5-12(20-2)13(10)21-9-11/h3-5,11,15H,6-9H2,1-2H3/t11-/m0/s1. The van der Waals surface area contributed by atoms with E-state index in [2.05, 4.69) is 26.9 Å². The fraction of sp³-hybridized carbons (Fsp3) is 0.500. The second-order valence-electron chi connectivity index (χ2n) is 5.05. The number of benzene rings is 1. The Morgan fingerprint density at radius 2 is 2.41 bits per heavy atom. The monoisotopic (exact) mass is 321 g/mol. The number of aromatic nitrogens is 4. The zero-order valence-electron chi connectivity index (χ0n) is 12.7. The van der Waals surface area contributed by atoms with Gasteiger partial charge in [-0.2, -0.15) is 0 Å². The molecule has 0 unspecified atom stereocenters. The van der Waals surface area contributed by atoms with E-state index in [4.69, 9.17) is 9.47 Å². The highest BCUT2D eigenvalue weighted by molar-refractivity contribution is 7.99. The summed E-state index contributed by atoms with van der Waals surface area (Å²) in [5.41, 5.74) is 1.19. The maximum atomic E-state index is 5.85. The summed E-state index contributed by atoms with van der Waals surface area (Å²) in [6.07, 6.45) is 0.947. The predicted octanol–water partition coefficient (Wildman–Crippen LogP) is 0.904. The topological polar surface area (TPSA) is 74.1 Å². The minimum atomic E-state index is 0.317. The van der Waals surface area contributed by atoms with Crippen LogP contribution in [0.3, 0.4) is 0 Å². The van der Waals surface area contributed by atoms with Gasteiger partial charge in [-0.3, -0.25) is 0 Å². The van der Waals surface area contributed by atoms with Gasteiger partial charge in [0.05, 0.1) is 7.11 Å². The summed E-state index contributed by atoms with van der Waals surface area (Å²) >= 11 is 1.64. The summed E-state index contributed by atoms with van der Waals surface area (Å²) in [5.74, 6) is 2.60. The van der Waals surface area contributed by atoms with Crippen LogP contribution < -0.4 is 14.8 Å². The number of hydrogen-bond acceptors (Lipinski definition) is 7. The Kier molecular flexibility index (Phi) is 4.79. The van der Waals surface area contributed by atoms with Gasteiger partial charge in [-0.05, 0) is 28.5 Å². The highest BCUT2D eigenvalue weighted by Gasteiger charge is 2.22. The van der Waals surface area contributed by atoms with E-state index in [1.165, 1.54) is 5.56 Å². The third kappa shape index (κ3) is 3.33. The second kappa shape index (κ2) is 6.97. The summed E-state index contributed by atoms with van der Waals surface area (Å²) in [4.78, 5) is 0. The van der Waals surface area contributed by atoms with Crippen LogP contribution >= 0.6 is 11.8 Å². The minimum Gasteiger partial charge on any atom is -0.493 e. The fourth-order valence-corrected chi connectivity index (χ4v) is 3.15. The van der Waals surface area contributed by atoms with Crippen molar-refractivity contribution in [3.8, 4) is 11.5 Å². The van der Waals surface area contributed by atoms with E-state index in [1.54, 1.807) is 23.6 Å². The molecule has 3 rings (SSSR count). The Hall–Kier alpha value is -1.80. The number of fused-ring (bicyclic) bond motifs is 1. The normalized spacial score (nSPS) is 16.9. The average molecular weight is 321 g/mol. The van der Waals surface area contributed by atoms with Crippen molar-refractivity contribution in [3.63, 3.8) is 0 Å². The molecule has 22 heavy (non-hydrogen) atoms. The van der Waals surface area contributed by atoms with Crippen LogP contribution in [0.5, 0.6) is 11.5 Å². The minimum absolute atomic E-state index is 0.317. The lowest BCUT2D eigenvalue weighted by Gasteiger charge is -2.27. The van der Waals surface area contributed by atoms with Gasteiger partial charge in [-0.1, -0.05) is 23.9 Å². The molecule has 2 heterocycles. The number of thioether (sulfide) groups is 1. The molecule has 0 saturated heterocycles. The fourth-order valence-electron chi connectivity index (χ4n) is 2.43. The van der Waals surface area contributed by atoms with Crippen molar-refractivity contribution in [2.24, 2.45) is 7.05 Å². The highest BCUT2D eigenvalue weighted by Crippen LogP contribution is 2.34. The molecule has 1 N–H and O–H groups in total. The summed E-state index contributed by atoms with van der Waals surface area (Å²) < 4.78 is 12.9. The van der Waals surface area contributed by atoms with Crippen LogP contribution in [-0.4, -0.2) is 52.3 Å². The molecular weight excluding hydrogens is 302 g/mol. The predicted molar refractivity (Wildman–Crippen MR) is 83.5 cm³/mol. The van der Waals surface area contributed by atoms with Crippen LogP contribution in [0.15, 0.2) is 23.4 Å². The van der Waals surface area contributed by atoms with E-state index < -0.39 is 0 Å². The zero-order chi connectivity index (χ0) is 15.4. The van der Waals surface area contributed by atoms with Gasteiger partial charge in [0.25, 0.3) is 0 Å². The van der Waals surface area contributed by atoms with Crippen molar-refractivity contribution in [2.45, 2.75) is 17.6 Å². The van der Waals surface area contributed by atoms with Gasteiger partial charge in [0.15, 0.2) is 11.5 Å². The summed E-state index contributed by atoms with van der Waals surface area (Å²) in [6, 6.07) is 6.34. The molecule has 2 aromatic rings. The largest absolute Gasteiger partial charge is 0.493 e. The summed E-state index contributed by atoms with van der Waals surface area (Å²) in [7, 11) is 3.51. The van der Waals surface area contributed by atoms with Gasteiger partial charge >= 0.3 is 0 Å². The lowest BCUT2D eigenvalue weighted by atomic mass is 10.0. The van der Waals surface area contributed by atoms with Gasteiger partial charge in [0, 0.05) is 25.4 Å². The number of rotatable bonds is 6. The number of nitrogens with zero attached hydrogens (tertiary/aromatic N) is 4. The zero-order valence-corrected chi connectivity index (χ0v) is 13.5. The van der Waals surface area contributed by atoms with Crippen molar-refractivity contribution in [1.82, 2.24) is 25.5 Å². The van der Waals surface area contributed by atoms with E-state index >= 15 is 0 Å². The molecule has 118 valence electrons. The van der Waals surface area contributed by atoms with E-state index in [1.807, 2.05) is 19.2 Å². The number of hydrogen-bond donors (Lipinski definition) is 1. The third-order valence-electron chi connectivity index (χ3n) is 3.52. The molecule has 1 aromatic carbocycles. The average Bonchev–Trinajstić information content (AvgIpc) is 2.96. The molecule has 0 radical (unpaired) electrons. The Labute approximate surface area is 133 Å². The molecular formula is C14H19N5O2S. The molecule has 1 aromatic heterocycles. The molecule has 0 aliphatic carbocycles. The molecule has 1 aliphatic rings. The lowest BCUT2D eigenvalue weighted by molar-refractivity contribution is 0.229. The van der Waals surface area contributed by atoms with Gasteiger partial charge in [0.2, 0.25) is 5.16 Å². The Morgan fingerprint density at radius 3 is 3.18 bits per heavy atom. The van der Waals surface area contributed by atoms with Gasteiger partial charge < -0.3 is 14.8 Å². The molecule has 1 aliphatic heterocycles. The Morgan fingerprint density at radius 1 is 1.50 bits per heavy atom. The number of aryl methyl sites for hydroxylation is 1. The summed E-state index contributed by atoms with van der Waals surface area (Å²) in [5, 5.41) is 15.7. The number of methoxy groups -OCH3 is 1. The molecule has 0 spiro atoms. The van der Waals surface area contributed by atoms with Crippen molar-refractivity contribution in [1.29, 1.82) is 0 Å². The van der Waals surface area contributed by atoms with Crippen molar-refractivity contribution in [2.75, 3.05) is 26.0 Å². The Balaban J connectivity index is 1.48. The maximum Gasteiger partial charge on any atom is 0.209 e. The highest BCUT2D eigenvalue weighted by atomic mass is 32.2. The number of tetrazole rings is 1. The van der Waals surface area contributed by atoms with Crippen molar-refractivity contribution in [3.05, 3.63) is 23.8 Å². The molecule has 1 atom stereocenters. The first kappa shape index (κ1) is 15.1. The van der Waals surface area contributed by atoms with Crippen molar-refractivity contribution < 1.29 is 9.47 Å². The van der Waals surface area contributed by atoms with Crippen LogP contribution in [-0.2, 0) is 13.5 Å². The van der Waals surface area contributed by atoms with Gasteiger partial charge in [0.1, 0.15) is 6.61 Å². The smallest absolute Gasteiger partial charge is 0.209 e. The van der Waals surface area contributed by atoms with Crippen LogP contribution in [0.4, 0.5) is 0 Å². The number of para-hydroxylation sites is 1. The molecule has 0 bridgehead atoms. The first-order chi connectivity index (χ1) is 10.8. The Bertz CT molecular complexity index is 633. The molecule has 7 nitrogen and oxygen atoms in total. The van der Waals surface area contributed by atoms with Crippen molar-refractivity contribution >= 4 is 11.8 Å². The molecule has 0 amide bonds. The van der Waals surface area contributed by atoms with Crippen LogP contribution in [0.25, 0.3) is 0 Å². The van der Waals surface area contributed by atoms with Gasteiger partial charge in [-0.25, -0.2) is 4.68 Å². The lowest BCUT2D eigenvalue weighted by Crippen LogP contribution is -2.40. The van der Waals surface area contributed by atoms with E-state index in [0.717, 1.165) is 35.4 Å². The van der Waals surface area contributed by atoms with Crippen LogP contribution in [0, 0.1) is 0 Å². The van der Waals surface area contributed by atoms with Crippen LogP contribution in [0.1, 0.15) is 5.56 Å².